The maximum atomic E-state index is 11.8. The van der Waals surface area contributed by atoms with Crippen LogP contribution in [0.5, 0.6) is 5.75 Å². The second kappa shape index (κ2) is 7.68. The Balaban J connectivity index is 2.41. The van der Waals surface area contributed by atoms with E-state index in [1.807, 2.05) is 37.3 Å². The third kappa shape index (κ3) is 4.87. The molecule has 0 aliphatic carbocycles. The summed E-state index contributed by atoms with van der Waals surface area (Å²) in [6, 6.07) is 9.33. The molecule has 0 saturated heterocycles. The van der Waals surface area contributed by atoms with E-state index in [1.165, 1.54) is 0 Å². The molecule has 0 heterocycles. The van der Waals surface area contributed by atoms with E-state index in [9.17, 15) is 4.79 Å². The van der Waals surface area contributed by atoms with E-state index in [0.29, 0.717) is 18.8 Å². The first-order chi connectivity index (χ1) is 8.27. The Morgan fingerprint density at radius 2 is 2.00 bits per heavy atom. The van der Waals surface area contributed by atoms with E-state index in [2.05, 4.69) is 0 Å². The van der Waals surface area contributed by atoms with Gasteiger partial charge in [-0.1, -0.05) is 25.1 Å². The maximum Gasteiger partial charge on any atom is 0.260 e. The van der Waals surface area contributed by atoms with E-state index in [0.717, 1.165) is 13.0 Å². The third-order valence-corrected chi connectivity index (χ3v) is 2.35. The Hall–Kier alpha value is -1.55. The number of carbonyl (C=O) groups excluding carboxylic acids is 1. The van der Waals surface area contributed by atoms with Crippen molar-refractivity contribution in [1.82, 2.24) is 4.90 Å². The van der Waals surface area contributed by atoms with Crippen LogP contribution >= 0.6 is 0 Å². The first-order valence-corrected chi connectivity index (χ1v) is 5.93. The van der Waals surface area contributed by atoms with Gasteiger partial charge in [0.05, 0.1) is 0 Å². The maximum absolute atomic E-state index is 11.8. The number of rotatable bonds is 7. The summed E-state index contributed by atoms with van der Waals surface area (Å²) in [6.07, 6.45) is 0.928. The van der Waals surface area contributed by atoms with Crippen molar-refractivity contribution in [2.75, 3.05) is 26.2 Å². The van der Waals surface area contributed by atoms with E-state index in [4.69, 9.17) is 10.5 Å². The first kappa shape index (κ1) is 13.5. The summed E-state index contributed by atoms with van der Waals surface area (Å²) in [5.74, 6) is 0.700. The molecule has 1 aromatic carbocycles. The molecule has 0 spiro atoms. The highest BCUT2D eigenvalue weighted by atomic mass is 16.5. The zero-order valence-electron chi connectivity index (χ0n) is 10.3. The summed E-state index contributed by atoms with van der Waals surface area (Å²) >= 11 is 0. The largest absolute Gasteiger partial charge is 0.484 e. The van der Waals surface area contributed by atoms with Gasteiger partial charge in [0, 0.05) is 19.6 Å². The predicted molar refractivity (Wildman–Crippen MR) is 67.9 cm³/mol. The SMILES string of the molecule is CCCN(CCN)C(=O)COc1ccccc1. The van der Waals surface area contributed by atoms with Crippen molar-refractivity contribution in [3.63, 3.8) is 0 Å². The summed E-state index contributed by atoms with van der Waals surface area (Å²) in [6.45, 7) is 3.91. The number of hydrogen-bond acceptors (Lipinski definition) is 3. The molecular weight excluding hydrogens is 216 g/mol. The molecule has 1 rings (SSSR count). The second-order valence-corrected chi connectivity index (χ2v) is 3.77. The summed E-state index contributed by atoms with van der Waals surface area (Å²) in [4.78, 5) is 13.6. The summed E-state index contributed by atoms with van der Waals surface area (Å²) in [7, 11) is 0. The van der Waals surface area contributed by atoms with Gasteiger partial charge in [0.2, 0.25) is 0 Å². The van der Waals surface area contributed by atoms with Crippen LogP contribution < -0.4 is 10.5 Å². The Morgan fingerprint density at radius 1 is 1.29 bits per heavy atom. The second-order valence-electron chi connectivity index (χ2n) is 3.77. The molecule has 0 atom stereocenters. The molecular formula is C13H20N2O2. The van der Waals surface area contributed by atoms with Crippen molar-refractivity contribution >= 4 is 5.91 Å². The molecule has 0 aliphatic heterocycles. The van der Waals surface area contributed by atoms with Gasteiger partial charge in [0.1, 0.15) is 5.75 Å². The van der Waals surface area contributed by atoms with Crippen molar-refractivity contribution in [2.45, 2.75) is 13.3 Å². The fourth-order valence-corrected chi connectivity index (χ4v) is 1.54. The van der Waals surface area contributed by atoms with Crippen molar-refractivity contribution in [2.24, 2.45) is 5.73 Å². The third-order valence-electron chi connectivity index (χ3n) is 2.35. The normalized spacial score (nSPS) is 10.0. The van der Waals surface area contributed by atoms with Crippen LogP contribution in [0.1, 0.15) is 13.3 Å². The highest BCUT2D eigenvalue weighted by Crippen LogP contribution is 2.08. The summed E-state index contributed by atoms with van der Waals surface area (Å²) in [5.41, 5.74) is 5.47. The van der Waals surface area contributed by atoms with Crippen LogP contribution in [-0.4, -0.2) is 37.0 Å². The Labute approximate surface area is 102 Å². The van der Waals surface area contributed by atoms with E-state index in [1.54, 1.807) is 4.90 Å². The standard InChI is InChI=1S/C13H20N2O2/c1-2-9-15(10-8-14)13(16)11-17-12-6-4-3-5-7-12/h3-7H,2,8-11,14H2,1H3. The Kier molecular flexibility index (Phi) is 6.10. The van der Waals surface area contributed by atoms with Crippen LogP contribution in [-0.2, 0) is 4.79 Å². The van der Waals surface area contributed by atoms with Crippen molar-refractivity contribution in [3.05, 3.63) is 30.3 Å². The number of amides is 1. The fourth-order valence-electron chi connectivity index (χ4n) is 1.54. The molecule has 0 fully saturated rings. The van der Waals surface area contributed by atoms with Crippen LogP contribution in [0.25, 0.3) is 0 Å². The minimum Gasteiger partial charge on any atom is -0.484 e. The minimum absolute atomic E-state index is 0.0128. The van der Waals surface area contributed by atoms with E-state index >= 15 is 0 Å². The molecule has 1 amide bonds. The smallest absolute Gasteiger partial charge is 0.260 e. The molecule has 4 nitrogen and oxygen atoms in total. The lowest BCUT2D eigenvalue weighted by Gasteiger charge is -2.21. The molecule has 0 aliphatic rings. The lowest BCUT2D eigenvalue weighted by Crippen LogP contribution is -2.38. The van der Waals surface area contributed by atoms with E-state index in [-0.39, 0.29) is 12.5 Å². The Bertz CT molecular complexity index is 321. The molecule has 0 unspecified atom stereocenters. The molecule has 0 bridgehead atoms. The number of benzene rings is 1. The average Bonchev–Trinajstić information content (AvgIpc) is 2.37. The first-order valence-electron chi connectivity index (χ1n) is 5.93. The monoisotopic (exact) mass is 236 g/mol. The van der Waals surface area contributed by atoms with E-state index < -0.39 is 0 Å². The van der Waals surface area contributed by atoms with Crippen LogP contribution in [0.3, 0.4) is 0 Å². The number of hydrogen-bond donors (Lipinski definition) is 1. The van der Waals surface area contributed by atoms with Crippen molar-refractivity contribution in [1.29, 1.82) is 0 Å². The molecule has 1 aromatic rings. The van der Waals surface area contributed by atoms with Crippen LogP contribution in [0.4, 0.5) is 0 Å². The molecule has 0 radical (unpaired) electrons. The van der Waals surface area contributed by atoms with Gasteiger partial charge >= 0.3 is 0 Å². The number of carbonyl (C=O) groups is 1. The van der Waals surface area contributed by atoms with Gasteiger partial charge in [-0.05, 0) is 18.6 Å². The zero-order chi connectivity index (χ0) is 12.5. The van der Waals surface area contributed by atoms with Crippen molar-refractivity contribution in [3.8, 4) is 5.75 Å². The fraction of sp³-hybridized carbons (Fsp3) is 0.462. The molecule has 4 heteroatoms. The number of nitrogens with two attached hydrogens (primary N) is 1. The Morgan fingerprint density at radius 3 is 2.59 bits per heavy atom. The molecule has 0 saturated carbocycles. The summed E-state index contributed by atoms with van der Waals surface area (Å²) < 4.78 is 5.41. The minimum atomic E-state index is -0.0128. The van der Waals surface area contributed by atoms with Gasteiger partial charge in [-0.25, -0.2) is 0 Å². The predicted octanol–water partition coefficient (Wildman–Crippen LogP) is 1.26. The molecule has 17 heavy (non-hydrogen) atoms. The van der Waals surface area contributed by atoms with Gasteiger partial charge in [0.25, 0.3) is 5.91 Å². The van der Waals surface area contributed by atoms with Gasteiger partial charge in [-0.15, -0.1) is 0 Å². The lowest BCUT2D eigenvalue weighted by molar-refractivity contribution is -0.133. The number of para-hydroxylation sites is 1. The van der Waals surface area contributed by atoms with Crippen LogP contribution in [0.2, 0.25) is 0 Å². The highest BCUT2D eigenvalue weighted by molar-refractivity contribution is 5.77. The molecule has 94 valence electrons. The summed E-state index contributed by atoms with van der Waals surface area (Å²) in [5, 5.41) is 0. The topological polar surface area (TPSA) is 55.6 Å². The van der Waals surface area contributed by atoms with Gasteiger partial charge in [-0.3, -0.25) is 4.79 Å². The highest BCUT2D eigenvalue weighted by Gasteiger charge is 2.12. The zero-order valence-corrected chi connectivity index (χ0v) is 10.3. The lowest BCUT2D eigenvalue weighted by atomic mass is 10.3. The molecule has 2 N–H and O–H groups in total. The molecule has 0 aromatic heterocycles. The average molecular weight is 236 g/mol. The quantitative estimate of drug-likeness (QED) is 0.775. The van der Waals surface area contributed by atoms with Gasteiger partial charge < -0.3 is 15.4 Å². The van der Waals surface area contributed by atoms with Crippen LogP contribution in [0.15, 0.2) is 30.3 Å². The van der Waals surface area contributed by atoms with Crippen molar-refractivity contribution < 1.29 is 9.53 Å². The number of ether oxygens (including phenoxy) is 1. The van der Waals surface area contributed by atoms with Gasteiger partial charge in [-0.2, -0.15) is 0 Å². The number of nitrogens with zero attached hydrogens (tertiary/aromatic N) is 1. The van der Waals surface area contributed by atoms with Gasteiger partial charge in [0.15, 0.2) is 6.61 Å². The van der Waals surface area contributed by atoms with Crippen LogP contribution in [0, 0.1) is 0 Å².